The van der Waals surface area contributed by atoms with E-state index in [0.717, 1.165) is 11.1 Å². The molecule has 0 saturated carbocycles. The minimum atomic E-state index is 0.836. The molecule has 0 atom stereocenters. The highest BCUT2D eigenvalue weighted by Gasteiger charge is 2.10. The van der Waals surface area contributed by atoms with Gasteiger partial charge in [-0.25, -0.2) is 0 Å². The second kappa shape index (κ2) is 3.91. The molecule has 1 heterocycles. The lowest BCUT2D eigenvalue weighted by Crippen LogP contribution is -1.91. The SMILES string of the molecule is COc1c(CBr)cc(C)c2sccc12. The number of benzene rings is 1. The number of fused-ring (bicyclic) bond motifs is 1. The number of aryl methyl sites for hydroxylation is 1. The molecule has 3 heteroatoms. The molecular formula is C11H11BrOS. The second-order valence-corrected chi connectivity index (χ2v) is 4.66. The van der Waals surface area contributed by atoms with Crippen molar-refractivity contribution < 1.29 is 4.74 Å². The molecule has 2 aromatic rings. The third kappa shape index (κ3) is 1.44. The molecule has 0 N–H and O–H groups in total. The lowest BCUT2D eigenvalue weighted by molar-refractivity contribution is 0.416. The van der Waals surface area contributed by atoms with Crippen LogP contribution >= 0.6 is 27.3 Å². The topological polar surface area (TPSA) is 9.23 Å². The number of methoxy groups -OCH3 is 1. The van der Waals surface area contributed by atoms with Gasteiger partial charge in [-0.3, -0.25) is 0 Å². The zero-order valence-electron chi connectivity index (χ0n) is 8.13. The molecule has 0 aliphatic carbocycles. The van der Waals surface area contributed by atoms with Crippen LogP contribution in [0.15, 0.2) is 17.5 Å². The summed E-state index contributed by atoms with van der Waals surface area (Å²) in [5.41, 5.74) is 2.54. The number of hydrogen-bond acceptors (Lipinski definition) is 2. The molecule has 0 saturated heterocycles. The minimum Gasteiger partial charge on any atom is -0.496 e. The third-order valence-electron chi connectivity index (χ3n) is 2.30. The van der Waals surface area contributed by atoms with Crippen molar-refractivity contribution in [2.75, 3.05) is 7.11 Å². The summed E-state index contributed by atoms with van der Waals surface area (Å²) < 4.78 is 6.76. The van der Waals surface area contributed by atoms with E-state index < -0.39 is 0 Å². The summed E-state index contributed by atoms with van der Waals surface area (Å²) in [6, 6.07) is 4.31. The van der Waals surface area contributed by atoms with Crippen molar-refractivity contribution in [2.45, 2.75) is 12.3 Å². The molecule has 0 aliphatic rings. The molecule has 74 valence electrons. The molecule has 1 aromatic carbocycles. The van der Waals surface area contributed by atoms with Gasteiger partial charge in [0.2, 0.25) is 0 Å². The van der Waals surface area contributed by atoms with Gasteiger partial charge in [-0.05, 0) is 23.9 Å². The first-order chi connectivity index (χ1) is 6.77. The molecule has 0 bridgehead atoms. The smallest absolute Gasteiger partial charge is 0.131 e. The monoisotopic (exact) mass is 270 g/mol. The molecular weight excluding hydrogens is 260 g/mol. The average Bonchev–Trinajstić information content (AvgIpc) is 2.66. The number of rotatable bonds is 2. The Morgan fingerprint density at radius 3 is 2.93 bits per heavy atom. The first-order valence-electron chi connectivity index (χ1n) is 4.37. The molecule has 0 fully saturated rings. The Bertz CT molecular complexity index is 462. The fourth-order valence-corrected chi connectivity index (χ4v) is 2.99. The highest BCUT2D eigenvalue weighted by Crippen LogP contribution is 2.36. The maximum atomic E-state index is 5.44. The van der Waals surface area contributed by atoms with Crippen LogP contribution in [-0.4, -0.2) is 7.11 Å². The van der Waals surface area contributed by atoms with Gasteiger partial charge in [0.15, 0.2) is 0 Å². The maximum absolute atomic E-state index is 5.44. The van der Waals surface area contributed by atoms with Crippen molar-refractivity contribution in [3.63, 3.8) is 0 Å². The first kappa shape index (κ1) is 9.99. The highest BCUT2D eigenvalue weighted by molar-refractivity contribution is 9.08. The molecule has 0 radical (unpaired) electrons. The predicted octanol–water partition coefficient (Wildman–Crippen LogP) is 4.11. The van der Waals surface area contributed by atoms with Gasteiger partial charge in [0.05, 0.1) is 7.11 Å². The maximum Gasteiger partial charge on any atom is 0.131 e. The van der Waals surface area contributed by atoms with E-state index in [1.54, 1.807) is 18.4 Å². The van der Waals surface area contributed by atoms with E-state index in [0.29, 0.717) is 0 Å². The van der Waals surface area contributed by atoms with Crippen LogP contribution in [0, 0.1) is 6.92 Å². The molecule has 0 spiro atoms. The first-order valence-corrected chi connectivity index (χ1v) is 6.37. The summed E-state index contributed by atoms with van der Waals surface area (Å²) in [4.78, 5) is 0. The summed E-state index contributed by atoms with van der Waals surface area (Å²) in [5, 5.41) is 4.17. The Kier molecular flexibility index (Phi) is 2.79. The van der Waals surface area contributed by atoms with Crippen LogP contribution in [0.3, 0.4) is 0 Å². The van der Waals surface area contributed by atoms with Crippen molar-refractivity contribution in [1.29, 1.82) is 0 Å². The Morgan fingerprint density at radius 1 is 1.50 bits per heavy atom. The van der Waals surface area contributed by atoms with Gasteiger partial charge in [0, 0.05) is 21.0 Å². The number of thiophene rings is 1. The Hall–Kier alpha value is -0.540. The Labute approximate surface area is 95.8 Å². The number of ether oxygens (including phenoxy) is 1. The van der Waals surface area contributed by atoms with Crippen molar-refractivity contribution >= 4 is 37.4 Å². The van der Waals surface area contributed by atoms with E-state index in [2.05, 4.69) is 40.4 Å². The van der Waals surface area contributed by atoms with Gasteiger partial charge >= 0.3 is 0 Å². The van der Waals surface area contributed by atoms with Crippen LogP contribution in [0.25, 0.3) is 10.1 Å². The normalized spacial score (nSPS) is 10.8. The summed E-state index contributed by atoms with van der Waals surface area (Å²) in [6.45, 7) is 2.14. The summed E-state index contributed by atoms with van der Waals surface area (Å²) in [5.74, 6) is 1.00. The van der Waals surface area contributed by atoms with E-state index in [1.807, 2.05) is 0 Å². The molecule has 2 rings (SSSR count). The lowest BCUT2D eigenvalue weighted by Gasteiger charge is -2.09. The number of alkyl halides is 1. The highest BCUT2D eigenvalue weighted by atomic mass is 79.9. The summed E-state index contributed by atoms with van der Waals surface area (Å²) in [7, 11) is 1.73. The van der Waals surface area contributed by atoms with Crippen molar-refractivity contribution in [2.24, 2.45) is 0 Å². The predicted molar refractivity (Wildman–Crippen MR) is 65.7 cm³/mol. The Morgan fingerprint density at radius 2 is 2.29 bits per heavy atom. The minimum absolute atomic E-state index is 0.836. The van der Waals surface area contributed by atoms with Gasteiger partial charge in [0.1, 0.15) is 5.75 Å². The van der Waals surface area contributed by atoms with E-state index in [4.69, 9.17) is 4.74 Å². The molecule has 1 nitrogen and oxygen atoms in total. The fourth-order valence-electron chi connectivity index (χ4n) is 1.70. The Balaban J connectivity index is 2.82. The second-order valence-electron chi connectivity index (χ2n) is 3.18. The third-order valence-corrected chi connectivity index (χ3v) is 3.95. The van der Waals surface area contributed by atoms with Crippen LogP contribution in [0.1, 0.15) is 11.1 Å². The van der Waals surface area contributed by atoms with Gasteiger partial charge in [-0.1, -0.05) is 22.0 Å². The molecule has 14 heavy (non-hydrogen) atoms. The molecule has 1 aromatic heterocycles. The van der Waals surface area contributed by atoms with Crippen molar-refractivity contribution in [3.05, 3.63) is 28.6 Å². The van der Waals surface area contributed by atoms with Crippen LogP contribution in [-0.2, 0) is 5.33 Å². The number of halogens is 1. The van der Waals surface area contributed by atoms with Gasteiger partial charge < -0.3 is 4.74 Å². The quantitative estimate of drug-likeness (QED) is 0.747. The average molecular weight is 271 g/mol. The lowest BCUT2D eigenvalue weighted by atomic mass is 10.1. The summed E-state index contributed by atoms with van der Waals surface area (Å²) in [6.07, 6.45) is 0. The van der Waals surface area contributed by atoms with Gasteiger partial charge in [-0.15, -0.1) is 11.3 Å². The fraction of sp³-hybridized carbons (Fsp3) is 0.273. The number of hydrogen-bond donors (Lipinski definition) is 0. The summed E-state index contributed by atoms with van der Waals surface area (Å²) >= 11 is 5.25. The van der Waals surface area contributed by atoms with Crippen molar-refractivity contribution in [1.82, 2.24) is 0 Å². The van der Waals surface area contributed by atoms with E-state index in [9.17, 15) is 0 Å². The van der Waals surface area contributed by atoms with E-state index in [-0.39, 0.29) is 0 Å². The zero-order chi connectivity index (χ0) is 10.1. The van der Waals surface area contributed by atoms with Gasteiger partial charge in [0.25, 0.3) is 0 Å². The van der Waals surface area contributed by atoms with Gasteiger partial charge in [-0.2, -0.15) is 0 Å². The van der Waals surface area contributed by atoms with Crippen LogP contribution < -0.4 is 4.74 Å². The van der Waals surface area contributed by atoms with E-state index >= 15 is 0 Å². The van der Waals surface area contributed by atoms with Crippen LogP contribution in [0.2, 0.25) is 0 Å². The van der Waals surface area contributed by atoms with E-state index in [1.165, 1.54) is 21.2 Å². The van der Waals surface area contributed by atoms with Crippen LogP contribution in [0.4, 0.5) is 0 Å². The zero-order valence-corrected chi connectivity index (χ0v) is 10.5. The molecule has 0 unspecified atom stereocenters. The molecule has 0 amide bonds. The molecule has 0 aliphatic heterocycles. The largest absolute Gasteiger partial charge is 0.496 e. The van der Waals surface area contributed by atoms with Crippen molar-refractivity contribution in [3.8, 4) is 5.75 Å². The standard InChI is InChI=1S/C11H11BrOS/c1-7-5-8(6-12)10(13-2)9-3-4-14-11(7)9/h3-5H,6H2,1-2H3. The van der Waals surface area contributed by atoms with Crippen LogP contribution in [0.5, 0.6) is 5.75 Å².